The van der Waals surface area contributed by atoms with Crippen molar-refractivity contribution >= 4 is 11.6 Å². The lowest BCUT2D eigenvalue weighted by Gasteiger charge is -2.15. The Morgan fingerprint density at radius 1 is 0.824 bits per heavy atom. The molecule has 0 unspecified atom stereocenters. The first-order valence-electron chi connectivity index (χ1n) is 7.16. The Morgan fingerprint density at radius 2 is 1.53 bits per heavy atom. The first kappa shape index (κ1) is 12.5. The van der Waals surface area contributed by atoms with Gasteiger partial charge in [-0.3, -0.25) is 4.79 Å². The summed E-state index contributed by atoms with van der Waals surface area (Å²) in [5, 5.41) is 0. The number of carbonyl (C=O) groups is 1. The minimum absolute atomic E-state index is 0.0997. The standard InChI is InChI=1S/C15H23NO/c17-15-12-8-4-7-11-14(16-15)13-9-5-2-1-3-6-10-13/h9H,1-8,10-12H2/b13-9+,16-14?. The van der Waals surface area contributed by atoms with Crippen LogP contribution in [0.15, 0.2) is 16.6 Å². The third-order valence-electron chi connectivity index (χ3n) is 3.73. The van der Waals surface area contributed by atoms with Gasteiger partial charge in [0.25, 0.3) is 0 Å². The van der Waals surface area contributed by atoms with E-state index in [-0.39, 0.29) is 5.91 Å². The number of allylic oxidation sites excluding steroid dienone is 2. The highest BCUT2D eigenvalue weighted by Crippen LogP contribution is 2.22. The maximum atomic E-state index is 11.6. The van der Waals surface area contributed by atoms with E-state index in [1.807, 2.05) is 0 Å². The van der Waals surface area contributed by atoms with Gasteiger partial charge in [-0.15, -0.1) is 0 Å². The zero-order chi connectivity index (χ0) is 11.9. The molecule has 1 heterocycles. The summed E-state index contributed by atoms with van der Waals surface area (Å²) in [6.45, 7) is 0. The SMILES string of the molecule is O=C1CCCCCC(/C2=C/CCCCCC2)=N1. The molecule has 0 spiro atoms. The number of amides is 1. The molecule has 1 amide bonds. The van der Waals surface area contributed by atoms with Crippen LogP contribution in [0.25, 0.3) is 0 Å². The summed E-state index contributed by atoms with van der Waals surface area (Å²) in [5.74, 6) is 0.0997. The summed E-state index contributed by atoms with van der Waals surface area (Å²) in [5.41, 5.74) is 2.48. The molecule has 1 aliphatic heterocycles. The van der Waals surface area contributed by atoms with E-state index in [9.17, 15) is 4.79 Å². The molecule has 0 saturated carbocycles. The maximum absolute atomic E-state index is 11.6. The van der Waals surface area contributed by atoms with E-state index in [2.05, 4.69) is 11.1 Å². The second kappa shape index (κ2) is 6.73. The lowest BCUT2D eigenvalue weighted by molar-refractivity contribution is -0.117. The van der Waals surface area contributed by atoms with Crippen molar-refractivity contribution in [3.8, 4) is 0 Å². The van der Waals surface area contributed by atoms with Crippen molar-refractivity contribution in [3.05, 3.63) is 11.6 Å². The summed E-state index contributed by atoms with van der Waals surface area (Å²) in [6.07, 6.45) is 14.9. The van der Waals surface area contributed by atoms with Gasteiger partial charge in [0.15, 0.2) is 0 Å². The predicted molar refractivity (Wildman–Crippen MR) is 71.3 cm³/mol. The number of nitrogens with zero attached hydrogens (tertiary/aromatic N) is 1. The molecular weight excluding hydrogens is 210 g/mol. The summed E-state index contributed by atoms with van der Waals surface area (Å²) in [4.78, 5) is 16.0. The van der Waals surface area contributed by atoms with Crippen LogP contribution in [0.1, 0.15) is 70.6 Å². The molecule has 0 fully saturated rings. The first-order valence-corrected chi connectivity index (χ1v) is 7.16. The molecule has 0 atom stereocenters. The molecule has 2 heteroatoms. The van der Waals surface area contributed by atoms with Crippen LogP contribution in [0.2, 0.25) is 0 Å². The normalized spacial score (nSPS) is 26.9. The summed E-state index contributed by atoms with van der Waals surface area (Å²) in [6, 6.07) is 0. The molecular formula is C15H23NO. The lowest BCUT2D eigenvalue weighted by Crippen LogP contribution is -2.11. The fourth-order valence-corrected chi connectivity index (χ4v) is 2.69. The van der Waals surface area contributed by atoms with Crippen LogP contribution in [0.4, 0.5) is 0 Å². The van der Waals surface area contributed by atoms with E-state index in [0.717, 1.165) is 25.0 Å². The number of aliphatic imine (C=N–C) groups is 1. The van der Waals surface area contributed by atoms with Gasteiger partial charge in [0.05, 0.1) is 0 Å². The van der Waals surface area contributed by atoms with Crippen LogP contribution >= 0.6 is 0 Å². The van der Waals surface area contributed by atoms with Crippen molar-refractivity contribution in [2.24, 2.45) is 4.99 Å². The van der Waals surface area contributed by atoms with Gasteiger partial charge in [0.2, 0.25) is 5.91 Å². The van der Waals surface area contributed by atoms with Crippen molar-refractivity contribution in [3.63, 3.8) is 0 Å². The minimum Gasteiger partial charge on any atom is -0.273 e. The first-order chi connectivity index (χ1) is 8.36. The summed E-state index contributed by atoms with van der Waals surface area (Å²) >= 11 is 0. The minimum atomic E-state index is 0.0997. The van der Waals surface area contributed by atoms with Gasteiger partial charge in [-0.2, -0.15) is 0 Å². The summed E-state index contributed by atoms with van der Waals surface area (Å²) < 4.78 is 0. The van der Waals surface area contributed by atoms with Crippen LogP contribution in [-0.4, -0.2) is 11.6 Å². The third-order valence-corrected chi connectivity index (χ3v) is 3.73. The third kappa shape index (κ3) is 4.10. The molecule has 2 rings (SSSR count). The van der Waals surface area contributed by atoms with Crippen molar-refractivity contribution in [2.45, 2.75) is 70.6 Å². The van der Waals surface area contributed by atoms with Crippen molar-refractivity contribution in [1.29, 1.82) is 0 Å². The van der Waals surface area contributed by atoms with Gasteiger partial charge in [-0.05, 0) is 50.5 Å². The van der Waals surface area contributed by atoms with E-state index >= 15 is 0 Å². The van der Waals surface area contributed by atoms with Crippen LogP contribution < -0.4 is 0 Å². The van der Waals surface area contributed by atoms with E-state index in [1.165, 1.54) is 50.5 Å². The largest absolute Gasteiger partial charge is 0.273 e. The summed E-state index contributed by atoms with van der Waals surface area (Å²) in [7, 11) is 0. The van der Waals surface area contributed by atoms with Gasteiger partial charge in [-0.25, -0.2) is 4.99 Å². The second-order valence-electron chi connectivity index (χ2n) is 5.20. The Balaban J connectivity index is 2.10. The van der Waals surface area contributed by atoms with Gasteiger partial charge in [0, 0.05) is 12.1 Å². The van der Waals surface area contributed by atoms with Crippen LogP contribution in [0.5, 0.6) is 0 Å². The average Bonchev–Trinajstić information content (AvgIpc) is 2.23. The molecule has 2 aliphatic rings. The molecule has 1 aliphatic carbocycles. The molecule has 0 saturated heterocycles. The molecule has 94 valence electrons. The molecule has 0 bridgehead atoms. The second-order valence-corrected chi connectivity index (χ2v) is 5.20. The Bertz CT molecular complexity index is 328. The zero-order valence-corrected chi connectivity index (χ0v) is 10.7. The number of hydrogen-bond acceptors (Lipinski definition) is 1. The Morgan fingerprint density at radius 3 is 2.47 bits per heavy atom. The van der Waals surface area contributed by atoms with E-state index in [4.69, 9.17) is 0 Å². The number of carbonyl (C=O) groups excluding carboxylic acids is 1. The van der Waals surface area contributed by atoms with Gasteiger partial charge in [0.1, 0.15) is 0 Å². The number of rotatable bonds is 1. The van der Waals surface area contributed by atoms with Gasteiger partial charge in [-0.1, -0.05) is 25.3 Å². The fourth-order valence-electron chi connectivity index (χ4n) is 2.69. The van der Waals surface area contributed by atoms with E-state index in [0.29, 0.717) is 6.42 Å². The Kier molecular flexibility index (Phi) is 4.96. The topological polar surface area (TPSA) is 29.4 Å². The molecule has 0 aromatic carbocycles. The van der Waals surface area contributed by atoms with Crippen molar-refractivity contribution in [2.75, 3.05) is 0 Å². The average molecular weight is 233 g/mol. The van der Waals surface area contributed by atoms with E-state index < -0.39 is 0 Å². The molecule has 0 aromatic heterocycles. The molecule has 2 nitrogen and oxygen atoms in total. The number of hydrogen-bond donors (Lipinski definition) is 0. The highest BCUT2D eigenvalue weighted by atomic mass is 16.1. The van der Waals surface area contributed by atoms with Crippen molar-refractivity contribution in [1.82, 2.24) is 0 Å². The maximum Gasteiger partial charge on any atom is 0.245 e. The monoisotopic (exact) mass is 233 g/mol. The van der Waals surface area contributed by atoms with Crippen LogP contribution in [0.3, 0.4) is 0 Å². The van der Waals surface area contributed by atoms with E-state index in [1.54, 1.807) is 0 Å². The lowest BCUT2D eigenvalue weighted by atomic mass is 9.93. The molecule has 0 radical (unpaired) electrons. The zero-order valence-electron chi connectivity index (χ0n) is 10.7. The van der Waals surface area contributed by atoms with Crippen molar-refractivity contribution < 1.29 is 4.79 Å². The molecule has 17 heavy (non-hydrogen) atoms. The van der Waals surface area contributed by atoms with Gasteiger partial charge >= 0.3 is 0 Å². The smallest absolute Gasteiger partial charge is 0.245 e. The highest BCUT2D eigenvalue weighted by Gasteiger charge is 2.13. The van der Waals surface area contributed by atoms with Gasteiger partial charge < -0.3 is 0 Å². The Labute approximate surface area is 104 Å². The van der Waals surface area contributed by atoms with Crippen LogP contribution in [0, 0.1) is 0 Å². The fraction of sp³-hybridized carbons (Fsp3) is 0.733. The quantitative estimate of drug-likeness (QED) is 0.667. The predicted octanol–water partition coefficient (Wildman–Crippen LogP) is 4.20. The highest BCUT2D eigenvalue weighted by molar-refractivity contribution is 6.06. The Hall–Kier alpha value is -0.920. The molecule has 0 aromatic rings. The van der Waals surface area contributed by atoms with Crippen LogP contribution in [-0.2, 0) is 4.79 Å². The molecule has 0 N–H and O–H groups in total.